The SMILES string of the molecule is C/N=C(\N=C1\c2c(F)c(F)c(F)c(F)c2C2=Nc3c4c(F)c(F)c(F)c(F)c4cn3B(Oc3c(F)c(F)c(F)c(F)c3F)N21)c1c(F)c(F)c(F)c(F)c1C(C)=N. The van der Waals surface area contributed by atoms with Gasteiger partial charge in [-0.15, -0.1) is 0 Å². The first-order chi connectivity index (χ1) is 26.7. The maximum Gasteiger partial charge on any atom is 0.631 e. The Morgan fingerprint density at radius 1 is 0.596 bits per heavy atom. The van der Waals surface area contributed by atoms with E-state index in [1.54, 1.807) is 0 Å². The fourth-order valence-corrected chi connectivity index (χ4v) is 6.06. The van der Waals surface area contributed by atoms with E-state index in [0.29, 0.717) is 14.0 Å². The highest BCUT2D eigenvalue weighted by Gasteiger charge is 2.53. The van der Waals surface area contributed by atoms with Crippen molar-refractivity contribution in [2.75, 3.05) is 7.05 Å². The third-order valence-corrected chi connectivity index (χ3v) is 8.56. The zero-order chi connectivity index (χ0) is 42.0. The van der Waals surface area contributed by atoms with Crippen molar-refractivity contribution in [2.24, 2.45) is 15.0 Å². The molecule has 0 saturated heterocycles. The van der Waals surface area contributed by atoms with Crippen LogP contribution in [0.5, 0.6) is 5.75 Å². The molecule has 2 aliphatic rings. The highest BCUT2D eigenvalue weighted by atomic mass is 19.2. The minimum Gasteiger partial charge on any atom is -0.518 e. The molecular weight excluding hydrogens is 818 g/mol. The van der Waals surface area contributed by atoms with Crippen molar-refractivity contribution >= 4 is 47.0 Å². The second kappa shape index (κ2) is 13.1. The number of aromatic nitrogens is 1. The molecule has 0 atom stereocenters. The molecule has 0 spiro atoms. The zero-order valence-corrected chi connectivity index (χ0v) is 27.2. The first kappa shape index (κ1) is 38.8. The predicted octanol–water partition coefficient (Wildman–Crippen LogP) is 8.54. The van der Waals surface area contributed by atoms with Gasteiger partial charge >= 0.3 is 7.19 Å². The smallest absolute Gasteiger partial charge is 0.518 e. The quantitative estimate of drug-likeness (QED) is 0.0493. The number of hydrogen-bond donors (Lipinski definition) is 1. The Morgan fingerprint density at radius 2 is 1.05 bits per heavy atom. The Kier molecular flexibility index (Phi) is 8.91. The Bertz CT molecular complexity index is 2790. The lowest BCUT2D eigenvalue weighted by Gasteiger charge is -2.31. The number of nitrogens with one attached hydrogen (secondary N) is 1. The van der Waals surface area contributed by atoms with Crippen LogP contribution in [0.15, 0.2) is 21.2 Å². The molecule has 57 heavy (non-hydrogen) atoms. The molecule has 0 bridgehead atoms. The second-order valence-corrected chi connectivity index (χ2v) is 11.7. The van der Waals surface area contributed by atoms with Crippen molar-refractivity contribution in [1.82, 2.24) is 9.29 Å². The van der Waals surface area contributed by atoms with Gasteiger partial charge in [-0.25, -0.2) is 75.8 Å². The van der Waals surface area contributed by atoms with Gasteiger partial charge in [0.15, 0.2) is 81.4 Å². The standard InChI is InChI=1S/C32H8BF17N6O/c1-4(51)6-8(14(37)20(43)18(41)12(6)35)29(52-2)53-31-9-10(16(39)22(45)21(44)15(9)38)32-54-30-7-5(11(34)17(40)19(42)13(7)36)3-55(30)33(56(31)32)57-28-26(49)24(47)23(46)25(48)27(28)50/h3,51H,1-2H3/b51-4?,52-29-,53-31-. The van der Waals surface area contributed by atoms with Gasteiger partial charge in [0.25, 0.3) is 0 Å². The van der Waals surface area contributed by atoms with Gasteiger partial charge in [-0.1, -0.05) is 0 Å². The van der Waals surface area contributed by atoms with Gasteiger partial charge in [0.05, 0.1) is 22.1 Å². The predicted molar refractivity (Wildman–Crippen MR) is 162 cm³/mol. The van der Waals surface area contributed by atoms with Gasteiger partial charge < -0.3 is 14.5 Å². The first-order valence-electron chi connectivity index (χ1n) is 15.0. The van der Waals surface area contributed by atoms with Crippen molar-refractivity contribution in [3.05, 3.63) is 127 Å². The third-order valence-electron chi connectivity index (χ3n) is 8.56. The van der Waals surface area contributed by atoms with Crippen LogP contribution < -0.4 is 4.65 Å². The van der Waals surface area contributed by atoms with E-state index in [1.165, 1.54) is 0 Å². The molecule has 294 valence electrons. The minimum absolute atomic E-state index is 0.0710. The molecule has 3 heterocycles. The Balaban J connectivity index is 1.65. The van der Waals surface area contributed by atoms with Crippen LogP contribution in [0.25, 0.3) is 10.8 Å². The maximum absolute atomic E-state index is 15.8. The number of hydrogen-bond acceptors (Lipinski definition) is 4. The van der Waals surface area contributed by atoms with E-state index in [9.17, 15) is 43.9 Å². The van der Waals surface area contributed by atoms with Gasteiger partial charge in [0.1, 0.15) is 17.5 Å². The van der Waals surface area contributed by atoms with Crippen LogP contribution in [-0.4, -0.2) is 46.7 Å². The number of aliphatic imine (C=N–C) groups is 3. The molecule has 0 radical (unpaired) electrons. The molecule has 1 N–H and O–H groups in total. The summed E-state index contributed by atoms with van der Waals surface area (Å²) in [4.78, 5) is 10.6. The summed E-state index contributed by atoms with van der Waals surface area (Å²) in [5.41, 5.74) is -7.45. The Morgan fingerprint density at radius 3 is 1.60 bits per heavy atom. The van der Waals surface area contributed by atoms with Crippen molar-refractivity contribution in [1.29, 1.82) is 5.41 Å². The molecule has 25 heteroatoms. The third kappa shape index (κ3) is 5.15. The highest BCUT2D eigenvalue weighted by Crippen LogP contribution is 2.44. The van der Waals surface area contributed by atoms with E-state index in [4.69, 9.17) is 10.1 Å². The van der Waals surface area contributed by atoms with Gasteiger partial charge in [-0.2, -0.15) is 8.78 Å². The second-order valence-electron chi connectivity index (χ2n) is 11.7. The van der Waals surface area contributed by atoms with Gasteiger partial charge in [0.2, 0.25) is 29.1 Å². The molecule has 5 aromatic rings. The van der Waals surface area contributed by atoms with E-state index in [2.05, 4.69) is 15.0 Å². The molecule has 7 rings (SSSR count). The zero-order valence-electron chi connectivity index (χ0n) is 27.2. The molecule has 0 saturated carbocycles. The van der Waals surface area contributed by atoms with Crippen LogP contribution in [0.3, 0.4) is 0 Å². The van der Waals surface area contributed by atoms with Crippen molar-refractivity contribution in [3.63, 3.8) is 0 Å². The van der Waals surface area contributed by atoms with Gasteiger partial charge in [0, 0.05) is 29.9 Å². The molecule has 0 amide bonds. The number of nitrogens with zero attached hydrogens (tertiary/aromatic N) is 5. The lowest BCUT2D eigenvalue weighted by Crippen LogP contribution is -2.55. The van der Waals surface area contributed by atoms with E-state index >= 15 is 30.7 Å². The van der Waals surface area contributed by atoms with E-state index in [1.807, 2.05) is 0 Å². The summed E-state index contributed by atoms with van der Waals surface area (Å²) in [6, 6.07) is 0. The van der Waals surface area contributed by atoms with E-state index in [0.717, 1.165) is 0 Å². The van der Waals surface area contributed by atoms with E-state index < -0.39 is 174 Å². The number of amidine groups is 3. The number of benzene rings is 4. The van der Waals surface area contributed by atoms with Crippen molar-refractivity contribution in [3.8, 4) is 5.75 Å². The molecule has 0 fully saturated rings. The average molecular weight is 826 g/mol. The van der Waals surface area contributed by atoms with Gasteiger partial charge in [-0.05, 0) is 6.92 Å². The van der Waals surface area contributed by atoms with Crippen LogP contribution in [-0.2, 0) is 0 Å². The number of halogens is 17. The highest BCUT2D eigenvalue weighted by molar-refractivity contribution is 6.61. The summed E-state index contributed by atoms with van der Waals surface area (Å²) in [6.07, 6.45) is 0.187. The van der Waals surface area contributed by atoms with Crippen LogP contribution in [0, 0.1) is 104 Å². The molecule has 4 aromatic carbocycles. The topological polar surface area (TPSA) is 78.3 Å². The molecule has 7 nitrogen and oxygen atoms in total. The summed E-state index contributed by atoms with van der Waals surface area (Å²) in [5.74, 6) is -51.6. The average Bonchev–Trinajstić information content (AvgIpc) is 3.73. The normalized spacial score (nSPS) is 14.5. The summed E-state index contributed by atoms with van der Waals surface area (Å²) in [5, 5.41) is 5.05. The Labute approximate surface area is 303 Å². The van der Waals surface area contributed by atoms with E-state index in [-0.39, 0.29) is 15.5 Å². The lowest BCUT2D eigenvalue weighted by molar-refractivity contribution is 0.342. The van der Waals surface area contributed by atoms with Crippen LogP contribution in [0.4, 0.5) is 80.5 Å². The lowest BCUT2D eigenvalue weighted by atomic mass is 9.94. The fourth-order valence-electron chi connectivity index (χ4n) is 6.06. The molecular formula is C32H8BF17N6O. The minimum atomic E-state index is -3.05. The summed E-state index contributed by atoms with van der Waals surface area (Å²) >= 11 is 0. The fraction of sp³-hybridized carbons (Fsp3) is 0.0625. The van der Waals surface area contributed by atoms with Crippen molar-refractivity contribution in [2.45, 2.75) is 6.92 Å². The van der Waals surface area contributed by atoms with Crippen LogP contribution in [0.1, 0.15) is 29.2 Å². The summed E-state index contributed by atoms with van der Waals surface area (Å²) < 4.78 is 258. The summed E-state index contributed by atoms with van der Waals surface area (Å²) in [7, 11) is -2.42. The first-order valence-corrected chi connectivity index (χ1v) is 15.0. The van der Waals surface area contributed by atoms with Crippen LogP contribution in [0.2, 0.25) is 0 Å². The van der Waals surface area contributed by atoms with Crippen molar-refractivity contribution < 1.29 is 79.3 Å². The molecule has 2 aliphatic heterocycles. The monoisotopic (exact) mass is 826 g/mol. The number of fused-ring (bicyclic) bond motifs is 6. The molecule has 1 aromatic heterocycles. The molecule has 0 aliphatic carbocycles. The maximum atomic E-state index is 15.8. The number of rotatable bonds is 4. The summed E-state index contributed by atoms with van der Waals surface area (Å²) in [6.45, 7) is 0.697. The largest absolute Gasteiger partial charge is 0.631 e. The molecule has 0 unspecified atom stereocenters. The van der Waals surface area contributed by atoms with Gasteiger partial charge in [-0.3, -0.25) is 9.80 Å². The Hall–Kier alpha value is -6.43. The van der Waals surface area contributed by atoms with Crippen LogP contribution >= 0.6 is 0 Å².